The van der Waals surface area contributed by atoms with E-state index in [0.29, 0.717) is 6.54 Å². The number of aryl methyl sites for hydroxylation is 1. The van der Waals surface area contributed by atoms with Crippen molar-refractivity contribution in [3.63, 3.8) is 0 Å². The normalized spacial score (nSPS) is 11.3. The standard InChI is InChI=1S/C15H14F3N3O/c1-10-3-2-4-11(7-10)8-20-21-14(22)12-9-19-6-5-13(12)15(16,17)18/h2-7,9,20H,8H2,1H3,(H,21,22). The van der Waals surface area contributed by atoms with Gasteiger partial charge in [-0.1, -0.05) is 29.8 Å². The number of carbonyl (C=O) groups is 1. The van der Waals surface area contributed by atoms with Crippen LogP contribution in [0.15, 0.2) is 42.7 Å². The molecular weight excluding hydrogens is 295 g/mol. The van der Waals surface area contributed by atoms with Crippen molar-refractivity contribution in [1.29, 1.82) is 0 Å². The number of hydrazine groups is 1. The number of aromatic nitrogens is 1. The van der Waals surface area contributed by atoms with Crippen molar-refractivity contribution in [3.8, 4) is 0 Å². The lowest BCUT2D eigenvalue weighted by atomic mass is 10.1. The highest BCUT2D eigenvalue weighted by Gasteiger charge is 2.35. The van der Waals surface area contributed by atoms with E-state index in [-0.39, 0.29) is 0 Å². The van der Waals surface area contributed by atoms with Crippen molar-refractivity contribution in [3.05, 3.63) is 65.0 Å². The molecule has 116 valence electrons. The molecule has 0 fully saturated rings. The van der Waals surface area contributed by atoms with Crippen molar-refractivity contribution in [2.24, 2.45) is 0 Å². The van der Waals surface area contributed by atoms with Crippen molar-refractivity contribution in [1.82, 2.24) is 15.8 Å². The summed E-state index contributed by atoms with van der Waals surface area (Å²) in [6.45, 7) is 2.22. The second-order valence-electron chi connectivity index (χ2n) is 4.72. The van der Waals surface area contributed by atoms with Crippen LogP contribution in [-0.2, 0) is 12.7 Å². The Labute approximate surface area is 125 Å². The summed E-state index contributed by atoms with van der Waals surface area (Å²) in [4.78, 5) is 15.4. The molecule has 0 bridgehead atoms. The molecule has 0 aliphatic heterocycles. The second kappa shape index (κ2) is 6.57. The van der Waals surface area contributed by atoms with Crippen molar-refractivity contribution < 1.29 is 18.0 Å². The molecule has 1 heterocycles. The first kappa shape index (κ1) is 16.0. The molecule has 0 aliphatic carbocycles. The van der Waals surface area contributed by atoms with Crippen LogP contribution in [-0.4, -0.2) is 10.9 Å². The maximum Gasteiger partial charge on any atom is 0.417 e. The Morgan fingerprint density at radius 3 is 2.73 bits per heavy atom. The fourth-order valence-electron chi connectivity index (χ4n) is 1.94. The molecule has 2 aromatic rings. The minimum atomic E-state index is -4.61. The zero-order valence-electron chi connectivity index (χ0n) is 11.7. The molecule has 0 saturated carbocycles. The lowest BCUT2D eigenvalue weighted by molar-refractivity contribution is -0.138. The van der Waals surface area contributed by atoms with Crippen LogP contribution in [0, 0.1) is 6.92 Å². The van der Waals surface area contributed by atoms with Gasteiger partial charge in [0, 0.05) is 18.9 Å². The van der Waals surface area contributed by atoms with Crippen molar-refractivity contribution in [2.75, 3.05) is 0 Å². The molecule has 4 nitrogen and oxygen atoms in total. The quantitative estimate of drug-likeness (QED) is 0.854. The summed E-state index contributed by atoms with van der Waals surface area (Å²) in [6.07, 6.45) is -2.71. The van der Waals surface area contributed by atoms with E-state index in [9.17, 15) is 18.0 Å². The van der Waals surface area contributed by atoms with Gasteiger partial charge in [0.15, 0.2) is 0 Å². The van der Waals surface area contributed by atoms with Crippen LogP contribution in [0.25, 0.3) is 0 Å². The topological polar surface area (TPSA) is 54.0 Å². The van der Waals surface area contributed by atoms with Crippen molar-refractivity contribution in [2.45, 2.75) is 19.6 Å². The first-order valence-corrected chi connectivity index (χ1v) is 6.48. The number of pyridine rings is 1. The average Bonchev–Trinajstić information content (AvgIpc) is 2.46. The minimum Gasteiger partial charge on any atom is -0.287 e. The Morgan fingerprint density at radius 2 is 2.05 bits per heavy atom. The molecule has 22 heavy (non-hydrogen) atoms. The molecule has 7 heteroatoms. The van der Waals surface area contributed by atoms with Gasteiger partial charge in [-0.25, -0.2) is 5.43 Å². The largest absolute Gasteiger partial charge is 0.417 e. The van der Waals surface area contributed by atoms with E-state index < -0.39 is 23.2 Å². The number of carbonyl (C=O) groups excluding carboxylic acids is 1. The Hall–Kier alpha value is -2.41. The molecular formula is C15H14F3N3O. The van der Waals surface area contributed by atoms with Gasteiger partial charge in [-0.05, 0) is 18.6 Å². The molecule has 1 aromatic carbocycles. The van der Waals surface area contributed by atoms with Gasteiger partial charge in [0.2, 0.25) is 0 Å². The minimum absolute atomic E-state index is 0.301. The first-order valence-electron chi connectivity index (χ1n) is 6.48. The SMILES string of the molecule is Cc1cccc(CNNC(=O)c2cnccc2C(F)(F)F)c1. The van der Waals surface area contributed by atoms with Gasteiger partial charge in [-0.15, -0.1) is 0 Å². The maximum absolute atomic E-state index is 12.8. The zero-order chi connectivity index (χ0) is 16.2. The third-order valence-electron chi connectivity index (χ3n) is 2.95. The number of alkyl halides is 3. The smallest absolute Gasteiger partial charge is 0.287 e. The monoisotopic (exact) mass is 309 g/mol. The third-order valence-corrected chi connectivity index (χ3v) is 2.95. The van der Waals surface area contributed by atoms with Crippen LogP contribution in [0.3, 0.4) is 0 Å². The number of hydrogen-bond donors (Lipinski definition) is 2. The highest BCUT2D eigenvalue weighted by molar-refractivity contribution is 5.95. The number of rotatable bonds is 4. The van der Waals surface area contributed by atoms with Crippen LogP contribution in [0.1, 0.15) is 27.0 Å². The number of nitrogens with zero attached hydrogens (tertiary/aromatic N) is 1. The van der Waals surface area contributed by atoms with Gasteiger partial charge < -0.3 is 0 Å². The lowest BCUT2D eigenvalue weighted by Crippen LogP contribution is -2.37. The molecule has 0 atom stereocenters. The number of halogens is 3. The summed E-state index contributed by atoms with van der Waals surface area (Å²) >= 11 is 0. The van der Waals surface area contributed by atoms with Crippen LogP contribution >= 0.6 is 0 Å². The van der Waals surface area contributed by atoms with Crippen molar-refractivity contribution >= 4 is 5.91 Å². The van der Waals surface area contributed by atoms with E-state index in [1.54, 1.807) is 0 Å². The fourth-order valence-corrected chi connectivity index (χ4v) is 1.94. The summed E-state index contributed by atoms with van der Waals surface area (Å²) in [5, 5.41) is 0. The molecule has 0 spiro atoms. The summed E-state index contributed by atoms with van der Waals surface area (Å²) < 4.78 is 38.4. The van der Waals surface area contributed by atoms with Gasteiger partial charge in [0.25, 0.3) is 5.91 Å². The average molecular weight is 309 g/mol. The molecule has 2 N–H and O–H groups in total. The Balaban J connectivity index is 2.01. The Kier molecular flexibility index (Phi) is 4.77. The molecule has 1 amide bonds. The van der Waals surface area contributed by atoms with Gasteiger partial charge in [-0.2, -0.15) is 13.2 Å². The van der Waals surface area contributed by atoms with Gasteiger partial charge in [0.1, 0.15) is 0 Å². The molecule has 2 rings (SSSR count). The Bertz CT molecular complexity index is 671. The number of benzene rings is 1. The van der Waals surface area contributed by atoms with E-state index in [1.165, 1.54) is 0 Å². The van der Waals surface area contributed by atoms with Crippen LogP contribution < -0.4 is 10.9 Å². The second-order valence-corrected chi connectivity index (χ2v) is 4.72. The summed E-state index contributed by atoms with van der Waals surface area (Å²) in [7, 11) is 0. The molecule has 0 unspecified atom stereocenters. The van der Waals surface area contributed by atoms with E-state index >= 15 is 0 Å². The molecule has 1 aromatic heterocycles. The summed E-state index contributed by atoms with van der Waals surface area (Å²) in [5.41, 5.74) is 5.28. The van der Waals surface area contributed by atoms with Gasteiger partial charge in [-0.3, -0.25) is 15.2 Å². The highest BCUT2D eigenvalue weighted by Crippen LogP contribution is 2.31. The maximum atomic E-state index is 12.8. The third kappa shape index (κ3) is 4.05. The molecule has 0 radical (unpaired) electrons. The molecule has 0 saturated heterocycles. The van der Waals surface area contributed by atoms with E-state index in [4.69, 9.17) is 0 Å². The number of nitrogens with one attached hydrogen (secondary N) is 2. The summed E-state index contributed by atoms with van der Waals surface area (Å²) in [6, 6.07) is 8.31. The van der Waals surface area contributed by atoms with Gasteiger partial charge in [0.05, 0.1) is 11.1 Å². The number of hydrogen-bond acceptors (Lipinski definition) is 3. The number of amides is 1. The van der Waals surface area contributed by atoms with Gasteiger partial charge >= 0.3 is 6.18 Å². The van der Waals surface area contributed by atoms with E-state index in [0.717, 1.165) is 29.6 Å². The molecule has 0 aliphatic rings. The predicted octanol–water partition coefficient (Wildman–Crippen LogP) is 2.84. The predicted molar refractivity (Wildman–Crippen MR) is 74.7 cm³/mol. The summed E-state index contributed by atoms with van der Waals surface area (Å²) in [5.74, 6) is -0.881. The zero-order valence-corrected chi connectivity index (χ0v) is 11.7. The van der Waals surface area contributed by atoms with E-state index in [2.05, 4.69) is 15.8 Å². The van der Waals surface area contributed by atoms with Crippen LogP contribution in [0.5, 0.6) is 0 Å². The van der Waals surface area contributed by atoms with Crippen LogP contribution in [0.4, 0.5) is 13.2 Å². The van der Waals surface area contributed by atoms with Crippen LogP contribution in [0.2, 0.25) is 0 Å². The van der Waals surface area contributed by atoms with E-state index in [1.807, 2.05) is 31.2 Å². The fraction of sp³-hybridized carbons (Fsp3) is 0.200. The highest BCUT2D eigenvalue weighted by atomic mass is 19.4. The Morgan fingerprint density at radius 1 is 1.27 bits per heavy atom. The first-order chi connectivity index (χ1) is 10.4. The lowest BCUT2D eigenvalue weighted by Gasteiger charge is -2.12.